The molecule has 0 radical (unpaired) electrons. The van der Waals surface area contributed by atoms with Gasteiger partial charge in [-0.25, -0.2) is 0 Å². The smallest absolute Gasteiger partial charge is 0.224 e. The number of nitrogens with two attached hydrogens (primary N) is 1. The van der Waals surface area contributed by atoms with Gasteiger partial charge in [0.05, 0.1) is 12.5 Å². The van der Waals surface area contributed by atoms with Gasteiger partial charge in [-0.3, -0.25) is 4.79 Å². The largest absolute Gasteiger partial charge is 0.399 e. The molecule has 1 aliphatic rings. The molecule has 1 aliphatic heterocycles. The molecule has 4 heteroatoms. The van der Waals surface area contributed by atoms with Crippen LogP contribution < -0.4 is 11.1 Å². The van der Waals surface area contributed by atoms with Gasteiger partial charge in [-0.05, 0) is 30.5 Å². The second kappa shape index (κ2) is 6.57. The topological polar surface area (TPSA) is 64.3 Å². The summed E-state index contributed by atoms with van der Waals surface area (Å²) in [5, 5.41) is 3.00. The van der Waals surface area contributed by atoms with Gasteiger partial charge < -0.3 is 15.8 Å². The number of nitrogens with one attached hydrogen (secondary N) is 1. The number of carbonyl (C=O) groups excluding carboxylic acids is 1. The first-order chi connectivity index (χ1) is 9.19. The van der Waals surface area contributed by atoms with Crippen LogP contribution in [-0.2, 0) is 16.0 Å². The molecule has 19 heavy (non-hydrogen) atoms. The Kier molecular flexibility index (Phi) is 4.80. The molecule has 1 fully saturated rings. The first-order valence-electron chi connectivity index (χ1n) is 6.91. The summed E-state index contributed by atoms with van der Waals surface area (Å²) in [6.45, 7) is 3.66. The molecule has 1 aromatic carbocycles. The predicted molar refractivity (Wildman–Crippen MR) is 75.7 cm³/mol. The van der Waals surface area contributed by atoms with Crippen molar-refractivity contribution in [2.75, 3.05) is 18.9 Å². The summed E-state index contributed by atoms with van der Waals surface area (Å²) in [5.41, 5.74) is 7.32. The van der Waals surface area contributed by atoms with E-state index in [1.165, 1.54) is 0 Å². The van der Waals surface area contributed by atoms with Gasteiger partial charge in [0.1, 0.15) is 0 Å². The van der Waals surface area contributed by atoms with Crippen LogP contribution in [0.25, 0.3) is 0 Å². The minimum Gasteiger partial charge on any atom is -0.399 e. The molecule has 4 nitrogen and oxygen atoms in total. The Morgan fingerprint density at radius 1 is 1.42 bits per heavy atom. The van der Waals surface area contributed by atoms with Gasteiger partial charge in [0.15, 0.2) is 0 Å². The van der Waals surface area contributed by atoms with Crippen LogP contribution in [0.1, 0.15) is 25.3 Å². The number of rotatable bonds is 5. The van der Waals surface area contributed by atoms with Gasteiger partial charge in [-0.15, -0.1) is 0 Å². The second-order valence-electron chi connectivity index (χ2n) is 5.09. The van der Waals surface area contributed by atoms with Crippen LogP contribution in [0.15, 0.2) is 24.3 Å². The quantitative estimate of drug-likeness (QED) is 0.794. The van der Waals surface area contributed by atoms with Crippen molar-refractivity contribution in [1.29, 1.82) is 0 Å². The van der Waals surface area contributed by atoms with Gasteiger partial charge in [0.25, 0.3) is 0 Å². The lowest BCUT2D eigenvalue weighted by Gasteiger charge is -2.17. The first-order valence-corrected chi connectivity index (χ1v) is 6.91. The number of hydrogen-bond acceptors (Lipinski definition) is 3. The normalized spacial score (nSPS) is 22.4. The Balaban J connectivity index is 1.77. The van der Waals surface area contributed by atoms with E-state index in [1.807, 2.05) is 24.3 Å². The monoisotopic (exact) mass is 262 g/mol. The zero-order valence-corrected chi connectivity index (χ0v) is 11.4. The Bertz CT molecular complexity index is 417. The number of benzene rings is 1. The molecule has 2 atom stereocenters. The molecule has 3 N–H and O–H groups in total. The average molecular weight is 262 g/mol. The van der Waals surface area contributed by atoms with Crippen LogP contribution in [0.3, 0.4) is 0 Å². The van der Waals surface area contributed by atoms with Crippen molar-refractivity contribution in [3.05, 3.63) is 29.8 Å². The SMILES string of the molecule is CCC1OCCC1CNC(=O)Cc1ccc(N)cc1. The van der Waals surface area contributed by atoms with E-state index in [0.717, 1.165) is 30.7 Å². The lowest BCUT2D eigenvalue weighted by molar-refractivity contribution is -0.120. The number of carbonyl (C=O) groups is 1. The van der Waals surface area contributed by atoms with Crippen LogP contribution >= 0.6 is 0 Å². The van der Waals surface area contributed by atoms with Crippen molar-refractivity contribution in [2.24, 2.45) is 5.92 Å². The third kappa shape index (κ3) is 3.96. The molecule has 1 aromatic rings. The van der Waals surface area contributed by atoms with Gasteiger partial charge in [0.2, 0.25) is 5.91 Å². The van der Waals surface area contributed by atoms with E-state index < -0.39 is 0 Å². The zero-order chi connectivity index (χ0) is 13.7. The third-order valence-corrected chi connectivity index (χ3v) is 3.65. The Labute approximate surface area is 114 Å². The first kappa shape index (κ1) is 13.9. The summed E-state index contributed by atoms with van der Waals surface area (Å²) in [6.07, 6.45) is 2.76. The number of amides is 1. The van der Waals surface area contributed by atoms with Crippen molar-refractivity contribution in [2.45, 2.75) is 32.3 Å². The minimum absolute atomic E-state index is 0.0616. The molecule has 1 amide bonds. The summed E-state index contributed by atoms with van der Waals surface area (Å²) in [6, 6.07) is 7.42. The molecule has 0 bridgehead atoms. The van der Waals surface area contributed by atoms with Crippen molar-refractivity contribution in [3.63, 3.8) is 0 Å². The Morgan fingerprint density at radius 2 is 2.16 bits per heavy atom. The molecular weight excluding hydrogens is 240 g/mol. The minimum atomic E-state index is 0.0616. The van der Waals surface area contributed by atoms with E-state index in [2.05, 4.69) is 12.2 Å². The highest BCUT2D eigenvalue weighted by Crippen LogP contribution is 2.22. The van der Waals surface area contributed by atoms with E-state index in [9.17, 15) is 4.79 Å². The third-order valence-electron chi connectivity index (χ3n) is 3.65. The molecule has 104 valence electrons. The van der Waals surface area contributed by atoms with E-state index >= 15 is 0 Å². The van der Waals surface area contributed by atoms with Crippen molar-refractivity contribution < 1.29 is 9.53 Å². The predicted octanol–water partition coefficient (Wildman–Crippen LogP) is 1.74. The molecular formula is C15H22N2O2. The molecule has 0 aromatic heterocycles. The van der Waals surface area contributed by atoms with Gasteiger partial charge in [-0.2, -0.15) is 0 Å². The van der Waals surface area contributed by atoms with E-state index in [1.54, 1.807) is 0 Å². The maximum Gasteiger partial charge on any atom is 0.224 e. The summed E-state index contributed by atoms with van der Waals surface area (Å²) < 4.78 is 5.61. The van der Waals surface area contributed by atoms with Gasteiger partial charge in [0, 0.05) is 24.8 Å². The molecule has 0 saturated carbocycles. The highest BCUT2D eigenvalue weighted by atomic mass is 16.5. The standard InChI is InChI=1S/C15H22N2O2/c1-2-14-12(7-8-19-14)10-17-15(18)9-11-3-5-13(16)6-4-11/h3-6,12,14H,2,7-10,16H2,1H3,(H,17,18). The summed E-state index contributed by atoms with van der Waals surface area (Å²) >= 11 is 0. The molecule has 2 rings (SSSR count). The molecule has 1 heterocycles. The average Bonchev–Trinajstić information content (AvgIpc) is 2.86. The molecule has 1 saturated heterocycles. The highest BCUT2D eigenvalue weighted by Gasteiger charge is 2.26. The molecule has 2 unspecified atom stereocenters. The fourth-order valence-corrected chi connectivity index (χ4v) is 2.51. The van der Waals surface area contributed by atoms with Crippen LogP contribution in [0.2, 0.25) is 0 Å². The Morgan fingerprint density at radius 3 is 2.84 bits per heavy atom. The second-order valence-corrected chi connectivity index (χ2v) is 5.09. The lowest BCUT2D eigenvalue weighted by atomic mass is 9.99. The van der Waals surface area contributed by atoms with Crippen LogP contribution in [0.4, 0.5) is 5.69 Å². The summed E-state index contributed by atoms with van der Waals surface area (Å²) in [7, 11) is 0. The van der Waals surface area contributed by atoms with Crippen molar-refractivity contribution in [1.82, 2.24) is 5.32 Å². The van der Waals surface area contributed by atoms with Crippen LogP contribution in [0, 0.1) is 5.92 Å². The summed E-state index contributed by atoms with van der Waals surface area (Å²) in [4.78, 5) is 11.9. The van der Waals surface area contributed by atoms with E-state index in [4.69, 9.17) is 10.5 Å². The van der Waals surface area contributed by atoms with Crippen molar-refractivity contribution >= 4 is 11.6 Å². The van der Waals surface area contributed by atoms with Crippen LogP contribution in [-0.4, -0.2) is 25.2 Å². The highest BCUT2D eigenvalue weighted by molar-refractivity contribution is 5.78. The number of hydrogen-bond donors (Lipinski definition) is 2. The van der Waals surface area contributed by atoms with Gasteiger partial charge >= 0.3 is 0 Å². The maximum atomic E-state index is 11.9. The van der Waals surface area contributed by atoms with Crippen LogP contribution in [0.5, 0.6) is 0 Å². The molecule has 0 spiro atoms. The van der Waals surface area contributed by atoms with E-state index in [0.29, 0.717) is 25.0 Å². The Hall–Kier alpha value is -1.55. The van der Waals surface area contributed by atoms with E-state index in [-0.39, 0.29) is 5.91 Å². The maximum absolute atomic E-state index is 11.9. The molecule has 0 aliphatic carbocycles. The summed E-state index contributed by atoms with van der Waals surface area (Å²) in [5.74, 6) is 0.520. The fraction of sp³-hybridized carbons (Fsp3) is 0.533. The fourth-order valence-electron chi connectivity index (χ4n) is 2.51. The lowest BCUT2D eigenvalue weighted by Crippen LogP contribution is -2.33. The number of anilines is 1. The van der Waals surface area contributed by atoms with Gasteiger partial charge in [-0.1, -0.05) is 19.1 Å². The van der Waals surface area contributed by atoms with Crippen molar-refractivity contribution in [3.8, 4) is 0 Å². The zero-order valence-electron chi connectivity index (χ0n) is 11.4. The number of ether oxygens (including phenoxy) is 1. The number of nitrogen functional groups attached to an aromatic ring is 1.